The van der Waals surface area contributed by atoms with Crippen LogP contribution in [0.2, 0.25) is 0 Å². The summed E-state index contributed by atoms with van der Waals surface area (Å²) in [5, 5.41) is 3.87. The summed E-state index contributed by atoms with van der Waals surface area (Å²) in [5.41, 5.74) is 1.44. The number of nitrogens with one attached hydrogen (secondary N) is 1. The van der Waals surface area contributed by atoms with Crippen LogP contribution in [-0.4, -0.2) is 12.6 Å². The lowest BCUT2D eigenvalue weighted by Gasteiger charge is -2.64. The van der Waals surface area contributed by atoms with Gasteiger partial charge in [-0.05, 0) is 80.0 Å². The summed E-state index contributed by atoms with van der Waals surface area (Å²) >= 11 is 0. The molecule has 5 saturated carbocycles. The summed E-state index contributed by atoms with van der Waals surface area (Å²) in [6.45, 7) is 6.34. The Morgan fingerprint density at radius 1 is 1.06 bits per heavy atom. The predicted octanol–water partition coefficient (Wildman–Crippen LogP) is 3.98. The second kappa shape index (κ2) is 3.75. The maximum atomic E-state index is 3.87. The fourth-order valence-electron chi connectivity index (χ4n) is 6.06. The second-order valence-electron chi connectivity index (χ2n) is 8.63. The Balaban J connectivity index is 1.56. The Morgan fingerprint density at radius 3 is 2.28 bits per heavy atom. The number of hydrogen-bond donors (Lipinski definition) is 1. The first kappa shape index (κ1) is 11.8. The molecule has 0 heterocycles. The van der Waals surface area contributed by atoms with E-state index in [4.69, 9.17) is 0 Å². The molecule has 0 saturated heterocycles. The van der Waals surface area contributed by atoms with Crippen molar-refractivity contribution in [1.82, 2.24) is 5.32 Å². The van der Waals surface area contributed by atoms with Gasteiger partial charge < -0.3 is 5.32 Å². The average Bonchev–Trinajstić information content (AvgIpc) is 3.08. The zero-order valence-electron chi connectivity index (χ0n) is 12.2. The Labute approximate surface area is 112 Å². The van der Waals surface area contributed by atoms with Crippen LogP contribution in [0.25, 0.3) is 0 Å². The quantitative estimate of drug-likeness (QED) is 0.792. The Kier molecular flexibility index (Phi) is 2.45. The van der Waals surface area contributed by atoms with Crippen molar-refractivity contribution in [2.45, 2.75) is 71.3 Å². The molecule has 5 aliphatic rings. The van der Waals surface area contributed by atoms with Gasteiger partial charge in [-0.3, -0.25) is 0 Å². The van der Waals surface area contributed by atoms with Crippen LogP contribution in [0.15, 0.2) is 0 Å². The van der Waals surface area contributed by atoms with Crippen molar-refractivity contribution in [3.63, 3.8) is 0 Å². The summed E-state index contributed by atoms with van der Waals surface area (Å²) in [5.74, 6) is 3.06. The molecular formula is C17H29N. The largest absolute Gasteiger partial charge is 0.313 e. The Morgan fingerprint density at radius 2 is 1.72 bits per heavy atom. The van der Waals surface area contributed by atoms with Gasteiger partial charge in [-0.25, -0.2) is 0 Å². The van der Waals surface area contributed by atoms with E-state index >= 15 is 0 Å². The minimum absolute atomic E-state index is 0.705. The molecule has 18 heavy (non-hydrogen) atoms. The van der Waals surface area contributed by atoms with Gasteiger partial charge in [0.15, 0.2) is 0 Å². The fourth-order valence-corrected chi connectivity index (χ4v) is 6.06. The SMILES string of the molecule is CC(C)C12CC3CC(CC(CNC4CC4)(C3)C1)C2. The Hall–Kier alpha value is -0.0400. The molecule has 0 radical (unpaired) electrons. The lowest BCUT2D eigenvalue weighted by Crippen LogP contribution is -2.56. The molecule has 102 valence electrons. The molecule has 1 nitrogen and oxygen atoms in total. The van der Waals surface area contributed by atoms with E-state index in [0.29, 0.717) is 5.41 Å². The maximum Gasteiger partial charge on any atom is 0.00684 e. The van der Waals surface area contributed by atoms with E-state index in [9.17, 15) is 0 Å². The van der Waals surface area contributed by atoms with E-state index in [0.717, 1.165) is 29.2 Å². The zero-order chi connectivity index (χ0) is 12.4. The third kappa shape index (κ3) is 1.77. The van der Waals surface area contributed by atoms with Crippen LogP contribution in [0, 0.1) is 28.6 Å². The molecule has 0 aromatic rings. The van der Waals surface area contributed by atoms with Crippen LogP contribution in [0.4, 0.5) is 0 Å². The summed E-state index contributed by atoms with van der Waals surface area (Å²) in [4.78, 5) is 0. The van der Waals surface area contributed by atoms with Gasteiger partial charge in [0.05, 0.1) is 0 Å². The van der Waals surface area contributed by atoms with E-state index < -0.39 is 0 Å². The van der Waals surface area contributed by atoms with Gasteiger partial charge in [-0.1, -0.05) is 13.8 Å². The van der Waals surface area contributed by atoms with Gasteiger partial charge in [-0.15, -0.1) is 0 Å². The van der Waals surface area contributed by atoms with Crippen molar-refractivity contribution in [2.75, 3.05) is 6.54 Å². The summed E-state index contributed by atoms with van der Waals surface area (Å²) in [6.07, 6.45) is 12.2. The molecule has 0 amide bonds. The van der Waals surface area contributed by atoms with Gasteiger partial charge in [0.1, 0.15) is 0 Å². The van der Waals surface area contributed by atoms with Crippen LogP contribution in [0.3, 0.4) is 0 Å². The molecule has 0 aromatic carbocycles. The summed E-state index contributed by atoms with van der Waals surface area (Å²) in [7, 11) is 0. The van der Waals surface area contributed by atoms with E-state index in [1.165, 1.54) is 19.4 Å². The van der Waals surface area contributed by atoms with Gasteiger partial charge >= 0.3 is 0 Å². The van der Waals surface area contributed by atoms with Crippen LogP contribution >= 0.6 is 0 Å². The summed E-state index contributed by atoms with van der Waals surface area (Å²) in [6, 6.07) is 0.896. The van der Waals surface area contributed by atoms with Crippen molar-refractivity contribution in [3.05, 3.63) is 0 Å². The van der Waals surface area contributed by atoms with Crippen molar-refractivity contribution < 1.29 is 0 Å². The molecule has 4 bridgehead atoms. The highest BCUT2D eigenvalue weighted by Crippen LogP contribution is 2.67. The lowest BCUT2D eigenvalue weighted by molar-refractivity contribution is -0.129. The van der Waals surface area contributed by atoms with Crippen molar-refractivity contribution in [3.8, 4) is 0 Å². The molecule has 0 aromatic heterocycles. The highest BCUT2D eigenvalue weighted by molar-refractivity contribution is 5.09. The number of hydrogen-bond acceptors (Lipinski definition) is 1. The van der Waals surface area contributed by atoms with Crippen LogP contribution < -0.4 is 5.32 Å². The molecule has 1 N–H and O–H groups in total. The molecule has 0 spiro atoms. The molecular weight excluding hydrogens is 218 g/mol. The zero-order valence-corrected chi connectivity index (χ0v) is 12.2. The maximum absolute atomic E-state index is 3.87. The third-order valence-electron chi connectivity index (χ3n) is 6.80. The van der Waals surface area contributed by atoms with Gasteiger partial charge in [0.2, 0.25) is 0 Å². The Bertz CT molecular complexity index is 328. The van der Waals surface area contributed by atoms with E-state index in [-0.39, 0.29) is 0 Å². The molecule has 2 atom stereocenters. The molecule has 5 rings (SSSR count). The first-order chi connectivity index (χ1) is 8.59. The standard InChI is InChI=1S/C17H29N/c1-12(2)17-8-13-5-14(9-17)7-16(6-13,10-17)11-18-15-3-4-15/h12-15,18H,3-11H2,1-2H3. The average molecular weight is 247 g/mol. The van der Waals surface area contributed by atoms with Gasteiger partial charge in [-0.2, -0.15) is 0 Å². The molecule has 2 unspecified atom stereocenters. The number of rotatable bonds is 4. The van der Waals surface area contributed by atoms with Crippen LogP contribution in [-0.2, 0) is 0 Å². The lowest BCUT2D eigenvalue weighted by atomic mass is 9.42. The highest BCUT2D eigenvalue weighted by Gasteiger charge is 2.58. The topological polar surface area (TPSA) is 12.0 Å². The monoisotopic (exact) mass is 247 g/mol. The van der Waals surface area contributed by atoms with Crippen LogP contribution in [0.5, 0.6) is 0 Å². The van der Waals surface area contributed by atoms with Gasteiger partial charge in [0, 0.05) is 12.6 Å². The molecule has 5 fully saturated rings. The highest BCUT2D eigenvalue weighted by atomic mass is 15.0. The van der Waals surface area contributed by atoms with E-state index in [2.05, 4.69) is 19.2 Å². The van der Waals surface area contributed by atoms with Crippen molar-refractivity contribution >= 4 is 0 Å². The smallest absolute Gasteiger partial charge is 0.00684 e. The van der Waals surface area contributed by atoms with Crippen molar-refractivity contribution in [1.29, 1.82) is 0 Å². The molecule has 1 heteroatoms. The van der Waals surface area contributed by atoms with Crippen LogP contribution in [0.1, 0.15) is 65.2 Å². The first-order valence-electron chi connectivity index (χ1n) is 8.33. The minimum atomic E-state index is 0.705. The van der Waals surface area contributed by atoms with Gasteiger partial charge in [0.25, 0.3) is 0 Å². The third-order valence-corrected chi connectivity index (χ3v) is 6.80. The molecule has 0 aliphatic heterocycles. The van der Waals surface area contributed by atoms with E-state index in [1.54, 1.807) is 38.5 Å². The van der Waals surface area contributed by atoms with E-state index in [1.807, 2.05) is 0 Å². The normalized spacial score (nSPS) is 50.2. The first-order valence-corrected chi connectivity index (χ1v) is 8.33. The minimum Gasteiger partial charge on any atom is -0.313 e. The fraction of sp³-hybridized carbons (Fsp3) is 1.00. The second-order valence-corrected chi connectivity index (χ2v) is 8.63. The molecule has 5 aliphatic carbocycles. The summed E-state index contributed by atoms with van der Waals surface area (Å²) < 4.78 is 0. The predicted molar refractivity (Wildman–Crippen MR) is 75.4 cm³/mol. The van der Waals surface area contributed by atoms with Crippen molar-refractivity contribution in [2.24, 2.45) is 28.6 Å².